The zero-order valence-corrected chi connectivity index (χ0v) is 19.4. The van der Waals surface area contributed by atoms with Gasteiger partial charge in [0.15, 0.2) is 5.13 Å². The number of carbonyl (C=O) groups excluding carboxylic acids is 2. The first-order chi connectivity index (χ1) is 15.2. The number of amides is 2. The van der Waals surface area contributed by atoms with Crippen LogP contribution in [0.3, 0.4) is 0 Å². The maximum atomic E-state index is 12.9. The number of piperazine rings is 1. The highest BCUT2D eigenvalue weighted by atomic mass is 32.1. The molecule has 1 saturated heterocycles. The van der Waals surface area contributed by atoms with Crippen LogP contribution in [0.1, 0.15) is 74.8 Å². The van der Waals surface area contributed by atoms with E-state index >= 15 is 0 Å². The molecule has 1 unspecified atom stereocenters. The zero-order valence-electron chi connectivity index (χ0n) is 18.6. The second kappa shape index (κ2) is 9.47. The van der Waals surface area contributed by atoms with E-state index in [0.717, 1.165) is 76.3 Å². The quantitative estimate of drug-likeness (QED) is 0.722. The van der Waals surface area contributed by atoms with Crippen molar-refractivity contribution < 1.29 is 9.59 Å². The lowest BCUT2D eigenvalue weighted by Gasteiger charge is -2.38. The van der Waals surface area contributed by atoms with Crippen LogP contribution in [0.2, 0.25) is 0 Å². The van der Waals surface area contributed by atoms with Gasteiger partial charge in [0.1, 0.15) is 0 Å². The topological polar surface area (TPSA) is 65.5 Å². The smallest absolute Gasteiger partial charge is 0.225 e. The molecule has 7 heteroatoms. The standard InChI is InChI=1S/C24H36N4O2S/c29-22(25-19-8-3-1-2-4-9-19)18-10-11-20-21(16-18)31-24(26-20)28-14-12-27(13-15-28)23(30)17-6-5-7-17/h17-19H,1-16H2,(H,25,29). The van der Waals surface area contributed by atoms with Crippen molar-refractivity contribution in [3.63, 3.8) is 0 Å². The first-order valence-corrected chi connectivity index (χ1v) is 13.3. The SMILES string of the molecule is O=C(NC1CCCCCC1)C1CCc2nc(N3CCN(C(=O)C4CCC4)CC3)sc2C1. The Morgan fingerprint density at radius 3 is 2.29 bits per heavy atom. The normalized spacial score (nSPS) is 25.5. The molecule has 170 valence electrons. The Labute approximate surface area is 189 Å². The lowest BCUT2D eigenvalue weighted by molar-refractivity contribution is -0.138. The highest BCUT2D eigenvalue weighted by molar-refractivity contribution is 7.15. The molecule has 2 heterocycles. The van der Waals surface area contributed by atoms with Crippen molar-refractivity contribution in [2.45, 2.75) is 83.1 Å². The van der Waals surface area contributed by atoms with Crippen LogP contribution in [-0.4, -0.2) is 53.9 Å². The predicted octanol–water partition coefficient (Wildman–Crippen LogP) is 3.54. The highest BCUT2D eigenvalue weighted by Crippen LogP contribution is 2.35. The fraction of sp³-hybridized carbons (Fsp3) is 0.792. The van der Waals surface area contributed by atoms with Gasteiger partial charge < -0.3 is 15.1 Å². The van der Waals surface area contributed by atoms with E-state index in [2.05, 4.69) is 15.1 Å². The maximum Gasteiger partial charge on any atom is 0.225 e. The van der Waals surface area contributed by atoms with Crippen LogP contribution in [0.5, 0.6) is 0 Å². The third-order valence-corrected chi connectivity index (χ3v) is 9.00. The molecule has 1 atom stereocenters. The van der Waals surface area contributed by atoms with E-state index in [1.54, 1.807) is 11.3 Å². The molecule has 3 fully saturated rings. The molecular formula is C24H36N4O2S. The molecule has 5 rings (SSSR count). The van der Waals surface area contributed by atoms with E-state index in [9.17, 15) is 9.59 Å². The Kier molecular flexibility index (Phi) is 6.49. The third-order valence-electron chi connectivity index (χ3n) is 7.82. The minimum Gasteiger partial charge on any atom is -0.353 e. The summed E-state index contributed by atoms with van der Waals surface area (Å²) in [6.45, 7) is 3.37. The summed E-state index contributed by atoms with van der Waals surface area (Å²) in [5, 5.41) is 4.45. The van der Waals surface area contributed by atoms with Crippen LogP contribution in [0.25, 0.3) is 0 Å². The van der Waals surface area contributed by atoms with E-state index in [0.29, 0.717) is 17.9 Å². The third kappa shape index (κ3) is 4.76. The Morgan fingerprint density at radius 2 is 1.61 bits per heavy atom. The van der Waals surface area contributed by atoms with Gasteiger partial charge in [-0.3, -0.25) is 9.59 Å². The second-order valence-electron chi connectivity index (χ2n) is 9.94. The number of anilines is 1. The molecular weight excluding hydrogens is 408 g/mol. The van der Waals surface area contributed by atoms with Gasteiger partial charge in [0, 0.05) is 48.9 Å². The Hall–Kier alpha value is -1.63. The average molecular weight is 445 g/mol. The van der Waals surface area contributed by atoms with Crippen molar-refractivity contribution in [2.75, 3.05) is 31.1 Å². The van der Waals surface area contributed by atoms with Gasteiger partial charge in [-0.25, -0.2) is 4.98 Å². The number of nitrogens with zero attached hydrogens (tertiary/aromatic N) is 3. The van der Waals surface area contributed by atoms with Crippen LogP contribution < -0.4 is 10.2 Å². The fourth-order valence-electron chi connectivity index (χ4n) is 5.49. The maximum absolute atomic E-state index is 12.9. The molecule has 0 spiro atoms. The Bertz CT molecular complexity index is 789. The molecule has 31 heavy (non-hydrogen) atoms. The van der Waals surface area contributed by atoms with Gasteiger partial charge in [-0.2, -0.15) is 0 Å². The van der Waals surface area contributed by atoms with E-state index in [1.807, 2.05) is 0 Å². The summed E-state index contributed by atoms with van der Waals surface area (Å²) in [5.74, 6) is 1.02. The zero-order chi connectivity index (χ0) is 21.2. The minimum absolute atomic E-state index is 0.0981. The minimum atomic E-state index is 0.0981. The summed E-state index contributed by atoms with van der Waals surface area (Å²) in [4.78, 5) is 36.0. The van der Waals surface area contributed by atoms with Crippen LogP contribution in [-0.2, 0) is 22.4 Å². The molecule has 0 aromatic carbocycles. The molecule has 6 nitrogen and oxygen atoms in total. The number of hydrogen-bond acceptors (Lipinski definition) is 5. The van der Waals surface area contributed by atoms with E-state index < -0.39 is 0 Å². The van der Waals surface area contributed by atoms with Crippen LogP contribution >= 0.6 is 11.3 Å². The van der Waals surface area contributed by atoms with Gasteiger partial charge in [0.25, 0.3) is 0 Å². The number of nitrogens with one attached hydrogen (secondary N) is 1. The van der Waals surface area contributed by atoms with Crippen molar-refractivity contribution >= 4 is 28.3 Å². The van der Waals surface area contributed by atoms with Crippen molar-refractivity contribution in [3.8, 4) is 0 Å². The largest absolute Gasteiger partial charge is 0.353 e. The monoisotopic (exact) mass is 444 g/mol. The summed E-state index contributed by atoms with van der Waals surface area (Å²) in [6.07, 6.45) is 13.4. The fourth-order valence-corrected chi connectivity index (χ4v) is 6.73. The first kappa shape index (κ1) is 21.2. The molecule has 1 aromatic rings. The van der Waals surface area contributed by atoms with E-state index in [4.69, 9.17) is 4.98 Å². The number of thiazole rings is 1. The van der Waals surface area contributed by atoms with Crippen molar-refractivity contribution in [1.82, 2.24) is 15.2 Å². The van der Waals surface area contributed by atoms with Gasteiger partial charge in [-0.1, -0.05) is 32.1 Å². The highest BCUT2D eigenvalue weighted by Gasteiger charge is 2.33. The Balaban J connectivity index is 1.15. The molecule has 1 N–H and O–H groups in total. The van der Waals surface area contributed by atoms with Crippen molar-refractivity contribution in [1.29, 1.82) is 0 Å². The van der Waals surface area contributed by atoms with Gasteiger partial charge >= 0.3 is 0 Å². The first-order valence-electron chi connectivity index (χ1n) is 12.5. The van der Waals surface area contributed by atoms with Crippen molar-refractivity contribution in [3.05, 3.63) is 10.6 Å². The van der Waals surface area contributed by atoms with Crippen molar-refractivity contribution in [2.24, 2.45) is 11.8 Å². The number of hydrogen-bond donors (Lipinski definition) is 1. The molecule has 2 amide bonds. The predicted molar refractivity (Wildman–Crippen MR) is 123 cm³/mol. The molecule has 4 aliphatic rings. The summed E-state index contributed by atoms with van der Waals surface area (Å²) < 4.78 is 0. The summed E-state index contributed by atoms with van der Waals surface area (Å²) in [7, 11) is 0. The number of rotatable bonds is 4. The van der Waals surface area contributed by atoms with Gasteiger partial charge in [0.2, 0.25) is 11.8 Å². The van der Waals surface area contributed by atoms with E-state index in [1.165, 1.54) is 42.7 Å². The second-order valence-corrected chi connectivity index (χ2v) is 11.0. The average Bonchev–Trinajstić information content (AvgIpc) is 3.01. The lowest BCUT2D eigenvalue weighted by atomic mass is 9.84. The summed E-state index contributed by atoms with van der Waals surface area (Å²) in [6, 6.07) is 0.382. The molecule has 0 radical (unpaired) electrons. The van der Waals surface area contributed by atoms with E-state index in [-0.39, 0.29) is 11.8 Å². The van der Waals surface area contributed by atoms with Crippen LogP contribution in [0.15, 0.2) is 0 Å². The Morgan fingerprint density at radius 1 is 0.871 bits per heavy atom. The van der Waals surface area contributed by atoms with Crippen LogP contribution in [0.4, 0.5) is 5.13 Å². The molecule has 1 aromatic heterocycles. The molecule has 1 aliphatic heterocycles. The molecule has 2 saturated carbocycles. The van der Waals surface area contributed by atoms with Crippen LogP contribution in [0, 0.1) is 11.8 Å². The molecule has 3 aliphatic carbocycles. The van der Waals surface area contributed by atoms with Gasteiger partial charge in [-0.15, -0.1) is 11.3 Å². The number of carbonyl (C=O) groups is 2. The van der Waals surface area contributed by atoms with Gasteiger partial charge in [0.05, 0.1) is 5.69 Å². The summed E-state index contributed by atoms with van der Waals surface area (Å²) in [5.41, 5.74) is 1.20. The molecule has 0 bridgehead atoms. The number of fused-ring (bicyclic) bond motifs is 1. The lowest BCUT2D eigenvalue weighted by Crippen LogP contribution is -2.51. The van der Waals surface area contributed by atoms with Gasteiger partial charge in [-0.05, 0) is 44.9 Å². The summed E-state index contributed by atoms with van der Waals surface area (Å²) >= 11 is 1.78. The number of aromatic nitrogens is 1. The number of aryl methyl sites for hydroxylation is 1.